The summed E-state index contributed by atoms with van der Waals surface area (Å²) in [4.78, 5) is 10.3. The Morgan fingerprint density at radius 1 is 1.09 bits per heavy atom. The summed E-state index contributed by atoms with van der Waals surface area (Å²) in [6, 6.07) is 9.08. The maximum Gasteiger partial charge on any atom is 0.0503 e. The molecule has 0 heterocycles. The van der Waals surface area contributed by atoms with E-state index in [0.717, 1.165) is 11.4 Å². The Morgan fingerprint density at radius 2 is 1.70 bits per heavy atom. The standard InChI is InChI=1S/C20H33N2Si/c1-16(21-17-12-8-7-9-13-17)18-14-10-11-15-19(18)22-23(5,6)20(2,3)4/h10-11,14-15,17H,7-9,12-13H2,1-6H3/q-1. The Kier molecular flexibility index (Phi) is 5.72. The number of nitrogens with zero attached hydrogens (tertiary/aromatic N) is 2. The number of benzene rings is 1. The minimum absolute atomic E-state index is 0.258. The molecule has 2 rings (SSSR count). The van der Waals surface area contributed by atoms with Gasteiger partial charge in [-0.05, 0) is 33.6 Å². The molecule has 128 valence electrons. The Balaban J connectivity index is 2.25. The average Bonchev–Trinajstić information content (AvgIpc) is 2.47. The predicted molar refractivity (Wildman–Crippen MR) is 106 cm³/mol. The van der Waals surface area contributed by atoms with Gasteiger partial charge in [-0.15, -0.1) is 5.69 Å². The second-order valence-electron chi connectivity index (χ2n) is 8.44. The molecule has 1 aliphatic rings. The van der Waals surface area contributed by atoms with Crippen LogP contribution in [0.5, 0.6) is 0 Å². The highest BCUT2D eigenvalue weighted by Gasteiger charge is 2.26. The quantitative estimate of drug-likeness (QED) is 0.427. The summed E-state index contributed by atoms with van der Waals surface area (Å²) in [6.07, 6.45) is 6.54. The highest BCUT2D eigenvalue weighted by Crippen LogP contribution is 2.44. The molecule has 0 bridgehead atoms. The van der Waals surface area contributed by atoms with Crippen LogP contribution >= 0.6 is 0 Å². The zero-order valence-corrected chi connectivity index (χ0v) is 16.8. The largest absolute Gasteiger partial charge is 0.686 e. The summed E-state index contributed by atoms with van der Waals surface area (Å²) in [6.45, 7) is 13.8. The lowest BCUT2D eigenvalue weighted by molar-refractivity contribution is 0.443. The molecular formula is C20H33N2Si-. The highest BCUT2D eigenvalue weighted by molar-refractivity contribution is 6.85. The summed E-state index contributed by atoms with van der Waals surface area (Å²) < 4.78 is 0. The van der Waals surface area contributed by atoms with Crippen LogP contribution in [-0.4, -0.2) is 20.0 Å². The summed E-state index contributed by atoms with van der Waals surface area (Å²) in [5, 5.41) is 0.258. The molecule has 1 aromatic rings. The summed E-state index contributed by atoms with van der Waals surface area (Å²) in [5.41, 5.74) is 3.52. The maximum absolute atomic E-state index is 5.23. The molecule has 0 spiro atoms. The van der Waals surface area contributed by atoms with Gasteiger partial charge in [0, 0.05) is 5.71 Å². The third kappa shape index (κ3) is 4.69. The van der Waals surface area contributed by atoms with Crippen LogP contribution in [0.3, 0.4) is 0 Å². The van der Waals surface area contributed by atoms with E-state index >= 15 is 0 Å². The lowest BCUT2D eigenvalue weighted by Crippen LogP contribution is -2.35. The zero-order valence-electron chi connectivity index (χ0n) is 15.8. The summed E-state index contributed by atoms with van der Waals surface area (Å²) in [7, 11) is -1.71. The second kappa shape index (κ2) is 7.21. The maximum atomic E-state index is 5.23. The molecule has 0 aromatic heterocycles. The lowest BCUT2D eigenvalue weighted by atomic mass is 9.95. The Morgan fingerprint density at radius 3 is 2.30 bits per heavy atom. The van der Waals surface area contributed by atoms with E-state index in [0.29, 0.717) is 6.04 Å². The van der Waals surface area contributed by atoms with E-state index < -0.39 is 8.24 Å². The number of hydrogen-bond acceptors (Lipinski definition) is 1. The minimum atomic E-state index is -1.71. The number of rotatable bonds is 4. The van der Waals surface area contributed by atoms with E-state index in [1.807, 2.05) is 0 Å². The van der Waals surface area contributed by atoms with Crippen LogP contribution in [0.4, 0.5) is 5.69 Å². The lowest BCUT2D eigenvalue weighted by Gasteiger charge is -2.51. The van der Waals surface area contributed by atoms with Crippen LogP contribution in [0, 0.1) is 0 Å². The van der Waals surface area contributed by atoms with E-state index in [9.17, 15) is 0 Å². The monoisotopic (exact) mass is 329 g/mol. The molecular weight excluding hydrogens is 296 g/mol. The highest BCUT2D eigenvalue weighted by atomic mass is 28.3. The summed E-state index contributed by atoms with van der Waals surface area (Å²) in [5.74, 6) is 0. The average molecular weight is 330 g/mol. The van der Waals surface area contributed by atoms with Crippen molar-refractivity contribution in [2.45, 2.75) is 84.0 Å². The van der Waals surface area contributed by atoms with Gasteiger partial charge in [-0.1, -0.05) is 82.4 Å². The molecule has 1 aromatic carbocycles. The van der Waals surface area contributed by atoms with Crippen molar-refractivity contribution in [2.24, 2.45) is 4.99 Å². The fourth-order valence-electron chi connectivity index (χ4n) is 2.90. The molecule has 0 aliphatic heterocycles. The molecule has 2 nitrogen and oxygen atoms in total. The van der Waals surface area contributed by atoms with Gasteiger partial charge in [0.05, 0.1) is 6.04 Å². The van der Waals surface area contributed by atoms with Crippen molar-refractivity contribution in [1.82, 2.24) is 0 Å². The normalized spacial score (nSPS) is 18.1. The van der Waals surface area contributed by atoms with E-state index in [-0.39, 0.29) is 5.04 Å². The molecule has 0 atom stereocenters. The Bertz CT molecular complexity index is 549. The molecule has 1 aliphatic carbocycles. The van der Waals surface area contributed by atoms with Crippen molar-refractivity contribution in [3.05, 3.63) is 34.8 Å². The SMILES string of the molecule is CC(=NC1CCCCC1)c1ccccc1[N-][Si](C)(C)C(C)(C)C. The van der Waals surface area contributed by atoms with E-state index in [2.05, 4.69) is 65.1 Å². The topological polar surface area (TPSA) is 26.5 Å². The zero-order chi connectivity index (χ0) is 17.1. The molecule has 0 radical (unpaired) electrons. The first-order valence-electron chi connectivity index (χ1n) is 9.07. The van der Waals surface area contributed by atoms with Crippen molar-refractivity contribution in [2.75, 3.05) is 0 Å². The van der Waals surface area contributed by atoms with Crippen LogP contribution < -0.4 is 0 Å². The van der Waals surface area contributed by atoms with Gasteiger partial charge in [-0.2, -0.15) is 0 Å². The van der Waals surface area contributed by atoms with Gasteiger partial charge in [0.2, 0.25) is 0 Å². The number of aliphatic imine (C=N–C) groups is 1. The summed E-state index contributed by atoms with van der Waals surface area (Å²) >= 11 is 0. The van der Waals surface area contributed by atoms with Gasteiger partial charge >= 0.3 is 0 Å². The Labute approximate surface area is 143 Å². The van der Waals surface area contributed by atoms with Gasteiger partial charge in [0.15, 0.2) is 0 Å². The molecule has 23 heavy (non-hydrogen) atoms. The first-order valence-corrected chi connectivity index (χ1v) is 12.0. The van der Waals surface area contributed by atoms with Crippen molar-refractivity contribution in [1.29, 1.82) is 0 Å². The minimum Gasteiger partial charge on any atom is -0.686 e. The molecule has 0 unspecified atom stereocenters. The molecule has 0 amide bonds. The van der Waals surface area contributed by atoms with Gasteiger partial charge in [-0.3, -0.25) is 4.99 Å². The first-order chi connectivity index (χ1) is 10.7. The van der Waals surface area contributed by atoms with Gasteiger partial charge < -0.3 is 4.98 Å². The van der Waals surface area contributed by atoms with Gasteiger partial charge in [0.1, 0.15) is 0 Å². The van der Waals surface area contributed by atoms with Crippen LogP contribution in [-0.2, 0) is 0 Å². The van der Waals surface area contributed by atoms with Crippen LogP contribution in [0.2, 0.25) is 18.1 Å². The van der Waals surface area contributed by atoms with E-state index in [4.69, 9.17) is 9.97 Å². The molecule has 1 saturated carbocycles. The van der Waals surface area contributed by atoms with E-state index in [1.165, 1.54) is 37.7 Å². The van der Waals surface area contributed by atoms with Gasteiger partial charge in [-0.25, -0.2) is 0 Å². The van der Waals surface area contributed by atoms with Crippen molar-refractivity contribution in [3.63, 3.8) is 0 Å². The first kappa shape index (κ1) is 18.2. The molecule has 0 saturated heterocycles. The third-order valence-corrected chi connectivity index (χ3v) is 9.95. The molecule has 3 heteroatoms. The van der Waals surface area contributed by atoms with E-state index in [1.54, 1.807) is 0 Å². The fraction of sp³-hybridized carbons (Fsp3) is 0.650. The molecule has 0 N–H and O–H groups in total. The van der Waals surface area contributed by atoms with Crippen LogP contribution in [0.25, 0.3) is 4.98 Å². The van der Waals surface area contributed by atoms with Crippen molar-refractivity contribution < 1.29 is 0 Å². The second-order valence-corrected chi connectivity index (χ2v) is 13.3. The fourth-order valence-corrected chi connectivity index (χ4v) is 4.03. The smallest absolute Gasteiger partial charge is 0.0503 e. The van der Waals surface area contributed by atoms with Crippen molar-refractivity contribution in [3.8, 4) is 0 Å². The van der Waals surface area contributed by atoms with Gasteiger partial charge in [0.25, 0.3) is 0 Å². The van der Waals surface area contributed by atoms with Crippen LogP contribution in [0.15, 0.2) is 29.3 Å². The van der Waals surface area contributed by atoms with Crippen LogP contribution in [0.1, 0.15) is 65.4 Å². The predicted octanol–water partition coefficient (Wildman–Crippen LogP) is 6.84. The Hall–Kier alpha value is -1.09. The third-order valence-electron chi connectivity index (χ3n) is 5.48. The van der Waals surface area contributed by atoms with Crippen molar-refractivity contribution >= 4 is 19.6 Å². The number of hydrogen-bond donors (Lipinski definition) is 0. The molecule has 1 fully saturated rings.